The highest BCUT2D eigenvalue weighted by molar-refractivity contribution is 4.83. The Kier molecular flexibility index (Phi) is 4.16. The molecule has 0 aromatic carbocycles. The molecule has 1 heterocycles. The number of aliphatic hydroxyl groups is 1. The van der Waals surface area contributed by atoms with Gasteiger partial charge in [0.1, 0.15) is 6.10 Å². The summed E-state index contributed by atoms with van der Waals surface area (Å²) in [5, 5.41) is 9.36. The maximum absolute atomic E-state index is 9.36. The van der Waals surface area contributed by atoms with Crippen molar-refractivity contribution in [3.8, 4) is 0 Å². The summed E-state index contributed by atoms with van der Waals surface area (Å²) >= 11 is 0. The lowest BCUT2D eigenvalue weighted by molar-refractivity contribution is 0.0980. The van der Waals surface area contributed by atoms with Crippen molar-refractivity contribution in [2.45, 2.75) is 38.4 Å². The summed E-state index contributed by atoms with van der Waals surface area (Å²) in [5.74, 6) is 0. The molecule has 0 aromatic rings. The highest BCUT2D eigenvalue weighted by atomic mass is 16.6. The van der Waals surface area contributed by atoms with Gasteiger partial charge in [-0.25, -0.2) is 0 Å². The monoisotopic (exact) mass is 187 g/mol. The minimum absolute atomic E-state index is 0.360. The Labute approximate surface area is 80.0 Å². The van der Waals surface area contributed by atoms with E-state index in [0.29, 0.717) is 6.10 Å². The fraction of sp³-hybridized carbons (Fsp3) is 0.900. The first-order valence-corrected chi connectivity index (χ1v) is 4.84. The number of hydrogen-bond acceptors (Lipinski definition) is 3. The van der Waals surface area contributed by atoms with Crippen LogP contribution in [-0.4, -0.2) is 36.6 Å². The van der Waals surface area contributed by atoms with Gasteiger partial charge in [0.15, 0.2) is 0 Å². The van der Waals surface area contributed by atoms with Crippen LogP contribution in [0.15, 0.2) is 0 Å². The second-order valence-electron chi connectivity index (χ2n) is 4.03. The second-order valence-corrected chi connectivity index (χ2v) is 4.03. The van der Waals surface area contributed by atoms with E-state index in [9.17, 15) is 5.11 Å². The number of unbranched alkanes of at least 4 members (excludes halogenated alkanes) is 1. The minimum Gasteiger partial charge on any atom is -0.390 e. The lowest BCUT2D eigenvalue weighted by Crippen LogP contribution is -2.19. The van der Waals surface area contributed by atoms with Crippen molar-refractivity contribution in [1.82, 2.24) is 0 Å². The van der Waals surface area contributed by atoms with Crippen LogP contribution in [0.4, 0.5) is 0 Å². The van der Waals surface area contributed by atoms with Gasteiger partial charge < -0.3 is 14.6 Å². The molecule has 1 aliphatic heterocycles. The van der Waals surface area contributed by atoms with E-state index >= 15 is 0 Å². The summed E-state index contributed by atoms with van der Waals surface area (Å²) in [5.41, 5.74) is -0.653. The zero-order valence-corrected chi connectivity index (χ0v) is 8.45. The minimum atomic E-state index is -0.653. The lowest BCUT2D eigenvalue weighted by Gasteiger charge is -2.15. The third kappa shape index (κ3) is 6.99. The molecule has 0 saturated carbocycles. The third-order valence-electron chi connectivity index (χ3n) is 1.84. The van der Waals surface area contributed by atoms with Crippen LogP contribution in [0.25, 0.3) is 0 Å². The molecule has 3 heteroatoms. The third-order valence-corrected chi connectivity index (χ3v) is 1.84. The highest BCUT2D eigenvalue weighted by Gasteiger charge is 2.22. The van der Waals surface area contributed by atoms with Gasteiger partial charge in [-0.05, 0) is 33.1 Å². The van der Waals surface area contributed by atoms with Gasteiger partial charge in [-0.3, -0.25) is 0 Å². The first-order chi connectivity index (χ1) is 6.08. The Hall–Kier alpha value is -0.120. The molecule has 3 nitrogen and oxygen atoms in total. The summed E-state index contributed by atoms with van der Waals surface area (Å²) in [7, 11) is 0. The molecule has 0 aromatic heterocycles. The Morgan fingerprint density at radius 1 is 1.62 bits per heavy atom. The van der Waals surface area contributed by atoms with E-state index in [1.807, 2.05) is 6.42 Å². The van der Waals surface area contributed by atoms with Gasteiger partial charge in [-0.15, -0.1) is 0 Å². The molecule has 1 rings (SSSR count). The van der Waals surface area contributed by atoms with E-state index < -0.39 is 5.60 Å². The lowest BCUT2D eigenvalue weighted by atomic mass is 10.0. The van der Waals surface area contributed by atoms with Crippen molar-refractivity contribution in [1.29, 1.82) is 0 Å². The van der Waals surface area contributed by atoms with Gasteiger partial charge >= 0.3 is 0 Å². The molecule has 1 atom stereocenters. The molecule has 0 aliphatic carbocycles. The second kappa shape index (κ2) is 4.94. The number of ether oxygens (including phenoxy) is 2. The fourth-order valence-electron chi connectivity index (χ4n) is 1.02. The van der Waals surface area contributed by atoms with Crippen molar-refractivity contribution in [3.05, 3.63) is 6.42 Å². The van der Waals surface area contributed by atoms with Gasteiger partial charge in [0.25, 0.3) is 0 Å². The van der Waals surface area contributed by atoms with Gasteiger partial charge in [-0.2, -0.15) is 0 Å². The maximum Gasteiger partial charge on any atom is 0.104 e. The van der Waals surface area contributed by atoms with Crippen molar-refractivity contribution < 1.29 is 14.6 Å². The summed E-state index contributed by atoms with van der Waals surface area (Å²) < 4.78 is 10.3. The van der Waals surface area contributed by atoms with E-state index in [4.69, 9.17) is 9.47 Å². The Bertz CT molecular complexity index is 136. The highest BCUT2D eigenvalue weighted by Crippen LogP contribution is 2.11. The molecule has 1 radical (unpaired) electrons. The molecular weight excluding hydrogens is 168 g/mol. The van der Waals surface area contributed by atoms with Crippen LogP contribution >= 0.6 is 0 Å². The summed E-state index contributed by atoms with van der Waals surface area (Å²) in [6.07, 6.45) is 4.13. The summed E-state index contributed by atoms with van der Waals surface area (Å²) in [6, 6.07) is 0. The van der Waals surface area contributed by atoms with Crippen molar-refractivity contribution in [2.75, 3.05) is 19.8 Å². The Morgan fingerprint density at radius 3 is 2.85 bits per heavy atom. The van der Waals surface area contributed by atoms with Crippen LogP contribution < -0.4 is 0 Å². The van der Waals surface area contributed by atoms with Crippen molar-refractivity contribution >= 4 is 0 Å². The fourth-order valence-corrected chi connectivity index (χ4v) is 1.02. The summed E-state index contributed by atoms with van der Waals surface area (Å²) in [4.78, 5) is 0. The predicted molar refractivity (Wildman–Crippen MR) is 50.4 cm³/mol. The molecule has 1 aliphatic rings. The summed E-state index contributed by atoms with van der Waals surface area (Å²) in [6.45, 7) is 5.91. The van der Waals surface area contributed by atoms with E-state index in [0.717, 1.165) is 32.7 Å². The smallest absolute Gasteiger partial charge is 0.104 e. The molecule has 1 N–H and O–H groups in total. The van der Waals surface area contributed by atoms with Crippen LogP contribution in [0, 0.1) is 6.42 Å². The number of epoxide rings is 1. The molecule has 0 amide bonds. The van der Waals surface area contributed by atoms with E-state index in [1.165, 1.54) is 0 Å². The first kappa shape index (κ1) is 11.0. The van der Waals surface area contributed by atoms with E-state index in [1.54, 1.807) is 13.8 Å². The largest absolute Gasteiger partial charge is 0.390 e. The van der Waals surface area contributed by atoms with Gasteiger partial charge in [0.05, 0.1) is 18.8 Å². The Morgan fingerprint density at radius 2 is 2.31 bits per heavy atom. The maximum atomic E-state index is 9.36. The van der Waals surface area contributed by atoms with E-state index in [-0.39, 0.29) is 0 Å². The molecule has 13 heavy (non-hydrogen) atoms. The van der Waals surface area contributed by atoms with Crippen LogP contribution in [-0.2, 0) is 9.47 Å². The molecule has 1 unspecified atom stereocenters. The zero-order chi connectivity index (χ0) is 9.73. The van der Waals surface area contributed by atoms with E-state index in [2.05, 4.69) is 0 Å². The van der Waals surface area contributed by atoms with Gasteiger partial charge in [0.2, 0.25) is 0 Å². The zero-order valence-electron chi connectivity index (χ0n) is 8.45. The average Bonchev–Trinajstić information content (AvgIpc) is 2.77. The van der Waals surface area contributed by atoms with Crippen LogP contribution in [0.2, 0.25) is 0 Å². The molecule has 0 bridgehead atoms. The topological polar surface area (TPSA) is 42.0 Å². The number of hydrogen-bond donors (Lipinski definition) is 1. The van der Waals surface area contributed by atoms with Gasteiger partial charge in [-0.1, -0.05) is 0 Å². The van der Waals surface area contributed by atoms with Crippen LogP contribution in [0.5, 0.6) is 0 Å². The SMILES string of the molecule is CC(C)(O)[CH]CCCOCC1CO1. The molecule has 77 valence electrons. The molecular formula is C10H19O3. The number of rotatable bonds is 7. The first-order valence-electron chi connectivity index (χ1n) is 4.84. The molecule has 0 spiro atoms. The van der Waals surface area contributed by atoms with Crippen molar-refractivity contribution in [2.24, 2.45) is 0 Å². The van der Waals surface area contributed by atoms with Gasteiger partial charge in [0, 0.05) is 6.61 Å². The average molecular weight is 187 g/mol. The Balaban J connectivity index is 1.78. The predicted octanol–water partition coefficient (Wildman–Crippen LogP) is 1.16. The normalized spacial score (nSPS) is 21.9. The molecule has 1 fully saturated rings. The molecule has 1 saturated heterocycles. The standard InChI is InChI=1S/C10H19O3/c1-10(2,11)5-3-4-6-12-7-9-8-13-9/h5,9,11H,3-4,6-8H2,1-2H3. The van der Waals surface area contributed by atoms with Crippen LogP contribution in [0.1, 0.15) is 26.7 Å². The quantitative estimate of drug-likeness (QED) is 0.480. The van der Waals surface area contributed by atoms with Crippen molar-refractivity contribution in [3.63, 3.8) is 0 Å². The van der Waals surface area contributed by atoms with Crippen LogP contribution in [0.3, 0.4) is 0 Å².